The first-order valence-corrected chi connectivity index (χ1v) is 12.3. The highest BCUT2D eigenvalue weighted by molar-refractivity contribution is 7.89. The first kappa shape index (κ1) is 23.5. The maximum absolute atomic E-state index is 13.3. The van der Waals surface area contributed by atoms with Crippen LogP contribution in [0.4, 0.5) is 0 Å². The minimum atomic E-state index is -3.65. The van der Waals surface area contributed by atoms with E-state index in [-0.39, 0.29) is 22.8 Å². The molecule has 1 saturated heterocycles. The second-order valence-corrected chi connectivity index (χ2v) is 11.8. The predicted molar refractivity (Wildman–Crippen MR) is 124 cm³/mol. The summed E-state index contributed by atoms with van der Waals surface area (Å²) in [5, 5.41) is 3.03. The van der Waals surface area contributed by atoms with Crippen LogP contribution in [-0.4, -0.2) is 31.7 Å². The molecule has 0 bridgehead atoms. The van der Waals surface area contributed by atoms with Crippen molar-refractivity contribution in [2.45, 2.75) is 64.3 Å². The number of hydrogen-bond donors (Lipinski definition) is 1. The van der Waals surface area contributed by atoms with Crippen LogP contribution in [0.3, 0.4) is 0 Å². The van der Waals surface area contributed by atoms with Gasteiger partial charge >= 0.3 is 0 Å². The second-order valence-electron chi connectivity index (χ2n) is 9.89. The molecular formula is C25H34N2O3S. The largest absolute Gasteiger partial charge is 0.352 e. The van der Waals surface area contributed by atoms with Crippen LogP contribution >= 0.6 is 0 Å². The predicted octanol–water partition coefficient (Wildman–Crippen LogP) is 4.40. The number of aryl methyl sites for hydroxylation is 1. The third kappa shape index (κ3) is 5.18. The molecule has 1 aliphatic rings. The highest BCUT2D eigenvalue weighted by Crippen LogP contribution is 2.33. The molecule has 1 atom stereocenters. The lowest BCUT2D eigenvalue weighted by Gasteiger charge is -2.38. The average Bonchev–Trinajstić information content (AvgIpc) is 2.72. The lowest BCUT2D eigenvalue weighted by Crippen LogP contribution is -2.51. The van der Waals surface area contributed by atoms with Gasteiger partial charge in [-0.3, -0.25) is 4.79 Å². The molecule has 5 nitrogen and oxygen atoms in total. The molecule has 168 valence electrons. The third-order valence-corrected chi connectivity index (χ3v) is 8.13. The summed E-state index contributed by atoms with van der Waals surface area (Å²) in [7, 11) is -3.65. The molecule has 0 radical (unpaired) electrons. The van der Waals surface area contributed by atoms with Crippen molar-refractivity contribution in [2.75, 3.05) is 13.1 Å². The Morgan fingerprint density at radius 2 is 1.74 bits per heavy atom. The molecular weight excluding hydrogens is 408 g/mol. The molecule has 1 amide bonds. The summed E-state index contributed by atoms with van der Waals surface area (Å²) in [4.78, 5) is 13.3. The number of hydrogen-bond acceptors (Lipinski definition) is 3. The Labute approximate surface area is 186 Å². The SMILES string of the molecule is Cc1ccccc1CNC(=O)C1(C)CCCN(S(=O)(=O)c2ccc(C(C)(C)C)cc2)C1. The van der Waals surface area contributed by atoms with Crippen molar-refractivity contribution in [1.82, 2.24) is 9.62 Å². The zero-order chi connectivity index (χ0) is 22.9. The number of amides is 1. The van der Waals surface area contributed by atoms with Crippen LogP contribution in [0.25, 0.3) is 0 Å². The van der Waals surface area contributed by atoms with E-state index in [1.807, 2.05) is 50.2 Å². The first-order valence-electron chi connectivity index (χ1n) is 10.9. The summed E-state index contributed by atoms with van der Waals surface area (Å²) in [6.07, 6.45) is 1.33. The number of piperidine rings is 1. The Kier molecular flexibility index (Phi) is 6.63. The Morgan fingerprint density at radius 3 is 2.35 bits per heavy atom. The highest BCUT2D eigenvalue weighted by atomic mass is 32.2. The lowest BCUT2D eigenvalue weighted by atomic mass is 9.82. The molecule has 6 heteroatoms. The van der Waals surface area contributed by atoms with Crippen LogP contribution in [-0.2, 0) is 26.8 Å². The zero-order valence-electron chi connectivity index (χ0n) is 19.2. The third-order valence-electron chi connectivity index (χ3n) is 6.27. The fraction of sp³-hybridized carbons (Fsp3) is 0.480. The van der Waals surface area contributed by atoms with E-state index in [0.29, 0.717) is 25.9 Å². The summed E-state index contributed by atoms with van der Waals surface area (Å²) in [6.45, 7) is 11.3. The van der Waals surface area contributed by atoms with Gasteiger partial charge in [-0.05, 0) is 60.9 Å². The quantitative estimate of drug-likeness (QED) is 0.746. The maximum atomic E-state index is 13.3. The molecule has 0 spiro atoms. The number of nitrogens with one attached hydrogen (secondary N) is 1. The molecule has 2 aromatic carbocycles. The highest BCUT2D eigenvalue weighted by Gasteiger charge is 2.41. The summed E-state index contributed by atoms with van der Waals surface area (Å²) in [5.41, 5.74) is 2.49. The van der Waals surface area contributed by atoms with E-state index in [2.05, 4.69) is 26.1 Å². The summed E-state index contributed by atoms with van der Waals surface area (Å²) < 4.78 is 28.0. The molecule has 0 aromatic heterocycles. The second kappa shape index (κ2) is 8.75. The fourth-order valence-electron chi connectivity index (χ4n) is 4.06. The Bertz CT molecular complexity index is 1040. The van der Waals surface area contributed by atoms with Gasteiger partial charge in [0.1, 0.15) is 0 Å². The van der Waals surface area contributed by atoms with Crippen molar-refractivity contribution in [2.24, 2.45) is 5.41 Å². The summed E-state index contributed by atoms with van der Waals surface area (Å²) >= 11 is 0. The van der Waals surface area contributed by atoms with Crippen molar-refractivity contribution in [1.29, 1.82) is 0 Å². The Morgan fingerprint density at radius 1 is 1.10 bits per heavy atom. The van der Waals surface area contributed by atoms with Gasteiger partial charge in [0.05, 0.1) is 10.3 Å². The van der Waals surface area contributed by atoms with E-state index in [1.165, 1.54) is 4.31 Å². The van der Waals surface area contributed by atoms with Crippen molar-refractivity contribution in [3.63, 3.8) is 0 Å². The van der Waals surface area contributed by atoms with Crippen LogP contribution in [0, 0.1) is 12.3 Å². The molecule has 1 N–H and O–H groups in total. The average molecular weight is 443 g/mol. The van der Waals surface area contributed by atoms with Crippen LogP contribution in [0.2, 0.25) is 0 Å². The Hall–Kier alpha value is -2.18. The standard InChI is InChI=1S/C25H34N2O3S/c1-19-9-6-7-10-20(19)17-26-23(28)25(5)15-8-16-27(18-25)31(29,30)22-13-11-21(12-14-22)24(2,3)4/h6-7,9-14H,8,15-18H2,1-5H3,(H,26,28). The van der Waals surface area contributed by atoms with Crippen LogP contribution in [0.1, 0.15) is 57.2 Å². The number of nitrogens with zero attached hydrogens (tertiary/aromatic N) is 1. The monoisotopic (exact) mass is 442 g/mol. The topological polar surface area (TPSA) is 66.5 Å². The molecule has 1 heterocycles. The minimum Gasteiger partial charge on any atom is -0.352 e. The number of carbonyl (C=O) groups is 1. The molecule has 0 aliphatic carbocycles. The number of carbonyl (C=O) groups excluding carboxylic acids is 1. The van der Waals surface area contributed by atoms with Gasteiger partial charge in [-0.15, -0.1) is 0 Å². The fourth-order valence-corrected chi connectivity index (χ4v) is 5.66. The van der Waals surface area contributed by atoms with Gasteiger partial charge in [0, 0.05) is 19.6 Å². The van der Waals surface area contributed by atoms with Gasteiger partial charge in [-0.25, -0.2) is 8.42 Å². The van der Waals surface area contributed by atoms with E-state index in [4.69, 9.17) is 0 Å². The number of sulfonamides is 1. The summed E-state index contributed by atoms with van der Waals surface area (Å²) in [6, 6.07) is 15.1. The normalized spacial score (nSPS) is 20.4. The summed E-state index contributed by atoms with van der Waals surface area (Å²) in [5.74, 6) is -0.0984. The van der Waals surface area contributed by atoms with E-state index in [0.717, 1.165) is 16.7 Å². The van der Waals surface area contributed by atoms with E-state index < -0.39 is 15.4 Å². The van der Waals surface area contributed by atoms with Crippen LogP contribution < -0.4 is 5.32 Å². The maximum Gasteiger partial charge on any atom is 0.243 e. The Balaban J connectivity index is 1.73. The van der Waals surface area contributed by atoms with Crippen LogP contribution in [0.5, 0.6) is 0 Å². The first-order chi connectivity index (χ1) is 14.4. The van der Waals surface area contributed by atoms with Gasteiger partial charge in [0.15, 0.2) is 0 Å². The van der Waals surface area contributed by atoms with Crippen molar-refractivity contribution in [3.8, 4) is 0 Å². The zero-order valence-corrected chi connectivity index (χ0v) is 20.1. The van der Waals surface area contributed by atoms with E-state index in [1.54, 1.807) is 12.1 Å². The molecule has 1 aliphatic heterocycles. The van der Waals surface area contributed by atoms with Crippen molar-refractivity contribution in [3.05, 3.63) is 65.2 Å². The number of rotatable bonds is 5. The van der Waals surface area contributed by atoms with Gasteiger partial charge < -0.3 is 5.32 Å². The molecule has 2 aromatic rings. The van der Waals surface area contributed by atoms with E-state index >= 15 is 0 Å². The van der Waals surface area contributed by atoms with Gasteiger partial charge in [0.25, 0.3) is 0 Å². The smallest absolute Gasteiger partial charge is 0.243 e. The number of benzene rings is 2. The molecule has 0 saturated carbocycles. The van der Waals surface area contributed by atoms with Crippen molar-refractivity contribution >= 4 is 15.9 Å². The minimum absolute atomic E-state index is 0.0405. The lowest BCUT2D eigenvalue weighted by molar-refractivity contribution is -0.132. The van der Waals surface area contributed by atoms with Gasteiger partial charge in [-0.1, -0.05) is 57.2 Å². The van der Waals surface area contributed by atoms with Crippen molar-refractivity contribution < 1.29 is 13.2 Å². The molecule has 1 unspecified atom stereocenters. The van der Waals surface area contributed by atoms with Gasteiger partial charge in [-0.2, -0.15) is 4.31 Å². The molecule has 3 rings (SSSR count). The van der Waals surface area contributed by atoms with E-state index in [9.17, 15) is 13.2 Å². The molecule has 31 heavy (non-hydrogen) atoms. The molecule has 1 fully saturated rings. The van der Waals surface area contributed by atoms with Gasteiger partial charge in [0.2, 0.25) is 15.9 Å². The van der Waals surface area contributed by atoms with Crippen LogP contribution in [0.15, 0.2) is 53.4 Å².